The van der Waals surface area contributed by atoms with Gasteiger partial charge in [-0.05, 0) is 48.2 Å². The van der Waals surface area contributed by atoms with Crippen LogP contribution in [0.3, 0.4) is 0 Å². The minimum absolute atomic E-state index is 0.201. The first-order chi connectivity index (χ1) is 5.61. The van der Waals surface area contributed by atoms with E-state index in [-0.39, 0.29) is 5.92 Å². The van der Waals surface area contributed by atoms with Crippen molar-refractivity contribution in [1.82, 2.24) is 8.77 Å². The van der Waals surface area contributed by atoms with Crippen molar-refractivity contribution < 1.29 is 0 Å². The van der Waals surface area contributed by atoms with Gasteiger partial charge in [0.2, 0.25) is 0 Å². The summed E-state index contributed by atoms with van der Waals surface area (Å²) in [5.41, 5.74) is 0. The Morgan fingerprint density at radius 2 is 1.75 bits per heavy atom. The van der Waals surface area contributed by atoms with Crippen LogP contribution in [0.5, 0.6) is 0 Å². The van der Waals surface area contributed by atoms with Crippen molar-refractivity contribution in [3.8, 4) is 0 Å². The Kier molecular flexibility index (Phi) is 4.22. The third kappa shape index (κ3) is 2.11. The predicted molar refractivity (Wildman–Crippen MR) is 53.1 cm³/mol. The second-order valence-corrected chi connectivity index (χ2v) is 4.60. The summed E-state index contributed by atoms with van der Waals surface area (Å²) < 4.78 is 0.886. The highest BCUT2D eigenvalue weighted by atomic mass is 35.5. The number of rotatable bonds is 3. The van der Waals surface area contributed by atoms with E-state index in [9.17, 15) is 0 Å². The lowest BCUT2D eigenvalue weighted by atomic mass is 10.1. The molecule has 0 saturated heterocycles. The van der Waals surface area contributed by atoms with Crippen molar-refractivity contribution in [2.75, 3.05) is 0 Å². The lowest BCUT2D eigenvalue weighted by Crippen LogP contribution is -2.48. The first kappa shape index (κ1) is 11.2. The fourth-order valence-corrected chi connectivity index (χ4v) is 2.46. The van der Waals surface area contributed by atoms with Crippen LogP contribution in [0, 0.1) is 5.92 Å². The molecular formula is C6H10Cl4N2. The van der Waals surface area contributed by atoms with Gasteiger partial charge >= 0.3 is 0 Å². The van der Waals surface area contributed by atoms with Gasteiger partial charge < -0.3 is 0 Å². The maximum absolute atomic E-state index is 6.08. The van der Waals surface area contributed by atoms with Gasteiger partial charge in [0.15, 0.2) is 5.12 Å². The zero-order chi connectivity index (χ0) is 9.19. The molecule has 1 aliphatic rings. The highest BCUT2D eigenvalue weighted by Crippen LogP contribution is 2.41. The fraction of sp³-hybridized carbons (Fsp3) is 1.00. The first-order valence-corrected chi connectivity index (χ1v) is 5.23. The first-order valence-electron chi connectivity index (χ1n) is 3.79. The molecule has 0 aromatic carbocycles. The SMILES string of the molecule is ClNC(Cl)(C1CCCC1)N(Cl)Cl. The number of nitrogens with zero attached hydrogens (tertiary/aromatic N) is 1. The maximum Gasteiger partial charge on any atom is 0.192 e. The van der Waals surface area contributed by atoms with Crippen molar-refractivity contribution in [3.63, 3.8) is 0 Å². The quantitative estimate of drug-likeness (QED) is 0.358. The normalized spacial score (nSPS) is 24.8. The zero-order valence-electron chi connectivity index (χ0n) is 6.36. The Labute approximate surface area is 92.4 Å². The largest absolute Gasteiger partial charge is 0.198 e. The third-order valence-corrected chi connectivity index (χ3v) is 3.94. The van der Waals surface area contributed by atoms with Gasteiger partial charge in [-0.1, -0.05) is 28.4 Å². The number of alkyl halides is 1. The smallest absolute Gasteiger partial charge is 0.192 e. The Bertz CT molecular complexity index is 148. The summed E-state index contributed by atoms with van der Waals surface area (Å²) in [4.78, 5) is 2.42. The van der Waals surface area contributed by atoms with E-state index >= 15 is 0 Å². The van der Waals surface area contributed by atoms with Gasteiger partial charge in [0, 0.05) is 5.92 Å². The van der Waals surface area contributed by atoms with Gasteiger partial charge in [0.1, 0.15) is 0 Å². The Balaban J connectivity index is 2.64. The van der Waals surface area contributed by atoms with E-state index in [0.29, 0.717) is 0 Å². The van der Waals surface area contributed by atoms with E-state index in [0.717, 1.165) is 29.6 Å². The van der Waals surface area contributed by atoms with Gasteiger partial charge in [-0.3, -0.25) is 0 Å². The van der Waals surface area contributed by atoms with Gasteiger partial charge in [0.05, 0.1) is 0 Å². The molecule has 1 fully saturated rings. The number of hydrogen-bond donors (Lipinski definition) is 1. The van der Waals surface area contributed by atoms with Crippen molar-refractivity contribution in [1.29, 1.82) is 0 Å². The lowest BCUT2D eigenvalue weighted by Gasteiger charge is -2.33. The molecule has 1 unspecified atom stereocenters. The Hall–Kier alpha value is 1.08. The number of hydrogen-bond acceptors (Lipinski definition) is 2. The van der Waals surface area contributed by atoms with E-state index in [1.165, 1.54) is 0 Å². The van der Waals surface area contributed by atoms with Crippen LogP contribution >= 0.6 is 46.9 Å². The molecule has 0 aromatic heterocycles. The van der Waals surface area contributed by atoms with Crippen LogP contribution in [-0.2, 0) is 0 Å². The minimum Gasteiger partial charge on any atom is -0.198 e. The molecule has 6 heteroatoms. The minimum atomic E-state index is -1.03. The second-order valence-electron chi connectivity index (χ2n) is 2.98. The maximum atomic E-state index is 6.08. The predicted octanol–water partition coefficient (Wildman–Crippen LogP) is 3.42. The van der Waals surface area contributed by atoms with Gasteiger partial charge in [-0.25, -0.2) is 0 Å². The van der Waals surface area contributed by atoms with E-state index in [1.54, 1.807) is 0 Å². The van der Waals surface area contributed by atoms with Crippen molar-refractivity contribution in [2.24, 2.45) is 5.92 Å². The van der Waals surface area contributed by atoms with Crippen LogP contribution in [0.25, 0.3) is 0 Å². The van der Waals surface area contributed by atoms with Crippen molar-refractivity contribution in [3.05, 3.63) is 0 Å². The van der Waals surface area contributed by atoms with Gasteiger partial charge in [-0.2, -0.15) is 4.84 Å². The van der Waals surface area contributed by atoms with E-state index in [1.807, 2.05) is 0 Å². The van der Waals surface area contributed by atoms with Crippen molar-refractivity contribution >= 4 is 46.9 Å². The van der Waals surface area contributed by atoms with E-state index < -0.39 is 5.12 Å². The molecule has 0 heterocycles. The molecule has 1 aliphatic carbocycles. The molecule has 1 atom stereocenters. The highest BCUT2D eigenvalue weighted by Gasteiger charge is 2.42. The summed E-state index contributed by atoms with van der Waals surface area (Å²) in [6.07, 6.45) is 4.30. The standard InChI is InChI=1S/C6H10Cl4N2/c7-6(11-8,12(9)10)5-3-1-2-4-5/h5,11H,1-4H2. The molecule has 0 bridgehead atoms. The molecule has 1 N–H and O–H groups in total. The van der Waals surface area contributed by atoms with Crippen molar-refractivity contribution in [2.45, 2.75) is 30.8 Å². The number of halogens is 4. The summed E-state index contributed by atoms with van der Waals surface area (Å²) in [6, 6.07) is 0. The number of nitrogens with one attached hydrogen (secondary N) is 1. The topological polar surface area (TPSA) is 15.3 Å². The van der Waals surface area contributed by atoms with Crippen LogP contribution in [0.4, 0.5) is 0 Å². The van der Waals surface area contributed by atoms with Crippen LogP contribution in [0.15, 0.2) is 0 Å². The van der Waals surface area contributed by atoms with Crippen LogP contribution in [0.1, 0.15) is 25.7 Å². The fourth-order valence-electron chi connectivity index (χ4n) is 1.56. The van der Waals surface area contributed by atoms with Crippen LogP contribution in [0.2, 0.25) is 0 Å². The zero-order valence-corrected chi connectivity index (χ0v) is 9.39. The molecule has 2 nitrogen and oxygen atoms in total. The molecule has 0 aromatic rings. The molecule has 1 saturated carbocycles. The molecule has 72 valence electrons. The van der Waals surface area contributed by atoms with Crippen LogP contribution < -0.4 is 4.84 Å². The molecule has 0 spiro atoms. The molecule has 0 aliphatic heterocycles. The summed E-state index contributed by atoms with van der Waals surface area (Å²) in [5, 5.41) is -1.03. The molecular weight excluding hydrogens is 242 g/mol. The summed E-state index contributed by atoms with van der Waals surface area (Å²) in [7, 11) is 0. The second kappa shape index (κ2) is 4.54. The molecule has 1 rings (SSSR count). The Morgan fingerprint density at radius 3 is 2.08 bits per heavy atom. The third-order valence-electron chi connectivity index (χ3n) is 2.27. The molecule has 0 radical (unpaired) electrons. The van der Waals surface area contributed by atoms with Crippen LogP contribution in [-0.4, -0.2) is 9.06 Å². The monoisotopic (exact) mass is 250 g/mol. The average Bonchev–Trinajstić information content (AvgIpc) is 2.54. The Morgan fingerprint density at radius 1 is 1.25 bits per heavy atom. The molecule has 12 heavy (non-hydrogen) atoms. The highest BCUT2D eigenvalue weighted by molar-refractivity contribution is 6.40. The van der Waals surface area contributed by atoms with Gasteiger partial charge in [0.25, 0.3) is 0 Å². The van der Waals surface area contributed by atoms with Gasteiger partial charge in [-0.15, -0.1) is 0 Å². The molecule has 0 amide bonds. The summed E-state index contributed by atoms with van der Waals surface area (Å²) >= 11 is 22.7. The summed E-state index contributed by atoms with van der Waals surface area (Å²) in [5.74, 6) is 0.201. The average molecular weight is 252 g/mol. The lowest BCUT2D eigenvalue weighted by molar-refractivity contribution is 0.267. The van der Waals surface area contributed by atoms with E-state index in [4.69, 9.17) is 46.9 Å². The van der Waals surface area contributed by atoms with E-state index in [2.05, 4.69) is 4.84 Å². The summed E-state index contributed by atoms with van der Waals surface area (Å²) in [6.45, 7) is 0.